The second-order valence-electron chi connectivity index (χ2n) is 10.2. The van der Waals surface area contributed by atoms with Crippen molar-refractivity contribution < 1.29 is 32.2 Å². The molecule has 4 aliphatic carbocycles. The fourth-order valence-corrected chi connectivity index (χ4v) is 7.82. The molecule has 1 heterocycles. The van der Waals surface area contributed by atoms with E-state index in [-0.39, 0.29) is 28.7 Å². The second kappa shape index (κ2) is 7.80. The maximum absolute atomic E-state index is 13.0. The molecule has 8 atom stereocenters. The van der Waals surface area contributed by atoms with Crippen LogP contribution < -0.4 is 0 Å². The first kappa shape index (κ1) is 22.6. The lowest BCUT2D eigenvalue weighted by atomic mass is 9.56. The summed E-state index contributed by atoms with van der Waals surface area (Å²) in [5.74, 6) is 1.39. The number of ether oxygens (including phenoxy) is 2. The van der Waals surface area contributed by atoms with Gasteiger partial charge < -0.3 is 9.47 Å². The standard InChI is InChI=1S/C26H25F3O4S/c27-26(28,29)15-4-1-13(2-5-15)23-32-22-12-20-19-7-3-14-11-16(30)6-8-17(14)18(19)9-10-21(20)25(22,33-23)24(31)34/h1-2,4-6,8,11,17-23H,3,7,9-10,12H2,(H,31,34). The van der Waals surface area contributed by atoms with Crippen molar-refractivity contribution in [2.45, 2.75) is 56.3 Å². The van der Waals surface area contributed by atoms with Crippen LogP contribution in [0.3, 0.4) is 0 Å². The molecule has 8 unspecified atom stereocenters. The van der Waals surface area contributed by atoms with E-state index in [0.29, 0.717) is 23.8 Å². The third kappa shape index (κ3) is 3.28. The predicted octanol–water partition coefficient (Wildman–Crippen LogP) is 5.45. The number of thiol groups is 1. The van der Waals surface area contributed by atoms with Crippen LogP contribution in [0.15, 0.2) is 48.1 Å². The Morgan fingerprint density at radius 3 is 2.53 bits per heavy atom. The fourth-order valence-electron chi connectivity index (χ4n) is 7.46. The zero-order valence-corrected chi connectivity index (χ0v) is 19.2. The molecule has 6 rings (SSSR count). The molecule has 0 spiro atoms. The molecule has 5 aliphatic rings. The second-order valence-corrected chi connectivity index (χ2v) is 10.7. The summed E-state index contributed by atoms with van der Waals surface area (Å²) in [6.45, 7) is 0. The molecule has 1 saturated heterocycles. The van der Waals surface area contributed by atoms with Crippen molar-refractivity contribution >= 4 is 23.5 Å². The number of alkyl halides is 3. The van der Waals surface area contributed by atoms with E-state index in [2.05, 4.69) is 18.7 Å². The molecule has 8 heteroatoms. The molecule has 0 radical (unpaired) electrons. The average molecular weight is 491 g/mol. The van der Waals surface area contributed by atoms with Crippen molar-refractivity contribution in [2.75, 3.05) is 0 Å². The molecule has 1 aromatic rings. The van der Waals surface area contributed by atoms with Crippen molar-refractivity contribution in [3.63, 3.8) is 0 Å². The van der Waals surface area contributed by atoms with Gasteiger partial charge in [-0.25, -0.2) is 0 Å². The van der Waals surface area contributed by atoms with Gasteiger partial charge in [-0.05, 0) is 74.1 Å². The molecule has 1 aromatic carbocycles. The molecule has 4 fully saturated rings. The van der Waals surface area contributed by atoms with Crippen LogP contribution in [0.2, 0.25) is 0 Å². The number of rotatable bonds is 2. The predicted molar refractivity (Wildman–Crippen MR) is 120 cm³/mol. The highest BCUT2D eigenvalue weighted by molar-refractivity contribution is 7.96. The first-order valence-corrected chi connectivity index (χ1v) is 12.3. The summed E-state index contributed by atoms with van der Waals surface area (Å²) < 4.78 is 51.4. The van der Waals surface area contributed by atoms with Gasteiger partial charge in [0.2, 0.25) is 5.12 Å². The molecule has 4 nitrogen and oxygen atoms in total. The molecule has 3 saturated carbocycles. The van der Waals surface area contributed by atoms with Crippen LogP contribution in [0.5, 0.6) is 0 Å². The Kier molecular flexibility index (Phi) is 5.18. The SMILES string of the molecule is O=C1C=CC2C(=C1)CCC1C2CCC2C1CC1OC(c3ccc(C(F)(F)F)cc3)OC12C(=O)S. The molecule has 0 amide bonds. The zero-order valence-electron chi connectivity index (χ0n) is 18.3. The van der Waals surface area contributed by atoms with Crippen molar-refractivity contribution in [3.05, 3.63) is 59.2 Å². The molecule has 0 aromatic heterocycles. The summed E-state index contributed by atoms with van der Waals surface area (Å²) in [6, 6.07) is 4.72. The Bertz CT molecular complexity index is 1090. The molecule has 1 aliphatic heterocycles. The number of carbonyl (C=O) groups excluding carboxylic acids is 2. The van der Waals surface area contributed by atoms with Crippen LogP contribution in [0.25, 0.3) is 0 Å². The Balaban J connectivity index is 1.26. The van der Waals surface area contributed by atoms with Gasteiger partial charge in [0, 0.05) is 17.4 Å². The third-order valence-corrected chi connectivity index (χ3v) is 9.18. The van der Waals surface area contributed by atoms with Gasteiger partial charge in [0.15, 0.2) is 17.7 Å². The summed E-state index contributed by atoms with van der Waals surface area (Å²) >= 11 is 4.23. The quantitative estimate of drug-likeness (QED) is 0.560. The van der Waals surface area contributed by atoms with E-state index in [0.717, 1.165) is 37.8 Å². The smallest absolute Gasteiger partial charge is 0.342 e. The van der Waals surface area contributed by atoms with E-state index in [1.54, 1.807) is 12.2 Å². The maximum Gasteiger partial charge on any atom is 0.416 e. The largest absolute Gasteiger partial charge is 0.416 e. The highest BCUT2D eigenvalue weighted by atomic mass is 32.1. The Hall–Kier alpha value is -1.90. The van der Waals surface area contributed by atoms with E-state index in [1.807, 2.05) is 0 Å². The van der Waals surface area contributed by atoms with E-state index in [9.17, 15) is 22.8 Å². The van der Waals surface area contributed by atoms with E-state index < -0.39 is 29.7 Å². The van der Waals surface area contributed by atoms with Gasteiger partial charge in [0.25, 0.3) is 0 Å². The van der Waals surface area contributed by atoms with Gasteiger partial charge in [-0.3, -0.25) is 9.59 Å². The van der Waals surface area contributed by atoms with Gasteiger partial charge in [0.05, 0.1) is 11.7 Å². The van der Waals surface area contributed by atoms with Crippen LogP contribution in [0.4, 0.5) is 13.2 Å². The van der Waals surface area contributed by atoms with Crippen LogP contribution >= 0.6 is 12.6 Å². The lowest BCUT2D eigenvalue weighted by Gasteiger charge is -2.49. The highest BCUT2D eigenvalue weighted by Crippen LogP contribution is 2.63. The van der Waals surface area contributed by atoms with E-state index in [4.69, 9.17) is 9.47 Å². The van der Waals surface area contributed by atoms with Gasteiger partial charge in [-0.15, -0.1) is 12.6 Å². The number of hydrogen-bond donors (Lipinski definition) is 1. The minimum atomic E-state index is -4.42. The minimum absolute atomic E-state index is 0.0390. The topological polar surface area (TPSA) is 52.6 Å². The van der Waals surface area contributed by atoms with Gasteiger partial charge in [-0.1, -0.05) is 23.8 Å². The Morgan fingerprint density at radius 1 is 1.06 bits per heavy atom. The van der Waals surface area contributed by atoms with Gasteiger partial charge in [-0.2, -0.15) is 13.2 Å². The lowest BCUT2D eigenvalue weighted by molar-refractivity contribution is -0.154. The molecule has 0 bridgehead atoms. The first-order chi connectivity index (χ1) is 16.2. The normalized spacial score (nSPS) is 40.8. The Morgan fingerprint density at radius 2 is 1.82 bits per heavy atom. The van der Waals surface area contributed by atoms with Gasteiger partial charge >= 0.3 is 6.18 Å². The van der Waals surface area contributed by atoms with Crippen molar-refractivity contribution in [1.82, 2.24) is 0 Å². The van der Waals surface area contributed by atoms with Crippen LogP contribution in [-0.4, -0.2) is 22.6 Å². The number of fused-ring (bicyclic) bond motifs is 7. The Labute approximate surface area is 201 Å². The monoisotopic (exact) mass is 490 g/mol. The first-order valence-electron chi connectivity index (χ1n) is 11.8. The number of allylic oxidation sites excluding steroid dienone is 4. The van der Waals surface area contributed by atoms with Crippen LogP contribution in [-0.2, 0) is 25.2 Å². The number of halogens is 3. The van der Waals surface area contributed by atoms with Crippen molar-refractivity contribution in [2.24, 2.45) is 29.6 Å². The number of hydrogen-bond acceptors (Lipinski definition) is 4. The molecule has 0 N–H and O–H groups in total. The van der Waals surface area contributed by atoms with E-state index >= 15 is 0 Å². The number of carbonyl (C=O) groups is 2. The fraction of sp³-hybridized carbons (Fsp3) is 0.538. The number of benzene rings is 1. The molecular formula is C26H25F3O4S. The van der Waals surface area contributed by atoms with Crippen molar-refractivity contribution in [1.29, 1.82) is 0 Å². The zero-order chi connectivity index (χ0) is 23.8. The lowest BCUT2D eigenvalue weighted by Crippen LogP contribution is -2.51. The molecule has 180 valence electrons. The summed E-state index contributed by atoms with van der Waals surface area (Å²) in [7, 11) is 0. The third-order valence-electron chi connectivity index (χ3n) is 8.83. The highest BCUT2D eigenvalue weighted by Gasteiger charge is 2.68. The minimum Gasteiger partial charge on any atom is -0.342 e. The van der Waals surface area contributed by atoms with Crippen LogP contribution in [0.1, 0.15) is 49.5 Å². The maximum atomic E-state index is 13.0. The van der Waals surface area contributed by atoms with Crippen molar-refractivity contribution in [3.8, 4) is 0 Å². The summed E-state index contributed by atoms with van der Waals surface area (Å²) in [5.41, 5.74) is -0.232. The summed E-state index contributed by atoms with van der Waals surface area (Å²) in [4.78, 5) is 24.8. The summed E-state index contributed by atoms with van der Waals surface area (Å²) in [5, 5.41) is -0.364. The average Bonchev–Trinajstić information content (AvgIpc) is 3.32. The van der Waals surface area contributed by atoms with Gasteiger partial charge in [0.1, 0.15) is 0 Å². The molecular weight excluding hydrogens is 465 g/mol. The van der Waals surface area contributed by atoms with Crippen LogP contribution in [0, 0.1) is 29.6 Å². The van der Waals surface area contributed by atoms with E-state index in [1.165, 1.54) is 17.7 Å². The summed E-state index contributed by atoms with van der Waals surface area (Å²) in [6.07, 6.45) is 3.97. The molecule has 34 heavy (non-hydrogen) atoms. The number of ketones is 1.